The molecule has 10 heteroatoms. The largest absolute Gasteiger partial charge is 0.416 e. The summed E-state index contributed by atoms with van der Waals surface area (Å²) in [6.07, 6.45) is -4.42. The minimum Gasteiger partial charge on any atom is -0.377 e. The fourth-order valence-electron chi connectivity index (χ4n) is 2.52. The van der Waals surface area contributed by atoms with Crippen molar-refractivity contribution < 1.29 is 22.7 Å². The SMILES string of the molecule is COCc1nnc(SCC(=O)Nc2ccc(C(F)(F)F)cc2)n1-c1ccccc1. The molecule has 0 saturated heterocycles. The van der Waals surface area contributed by atoms with Crippen molar-refractivity contribution in [2.75, 3.05) is 18.2 Å². The number of alkyl halides is 3. The second kappa shape index (κ2) is 9.10. The highest BCUT2D eigenvalue weighted by Gasteiger charge is 2.30. The summed E-state index contributed by atoms with van der Waals surface area (Å²) in [5.41, 5.74) is 0.343. The number of nitrogens with zero attached hydrogens (tertiary/aromatic N) is 3. The normalized spacial score (nSPS) is 11.4. The molecule has 6 nitrogen and oxygen atoms in total. The number of aromatic nitrogens is 3. The second-order valence-electron chi connectivity index (χ2n) is 5.91. The minimum absolute atomic E-state index is 0.0129. The van der Waals surface area contributed by atoms with Gasteiger partial charge in [-0.3, -0.25) is 9.36 Å². The van der Waals surface area contributed by atoms with Crippen molar-refractivity contribution in [2.45, 2.75) is 17.9 Å². The lowest BCUT2D eigenvalue weighted by Gasteiger charge is -2.10. The highest BCUT2D eigenvalue weighted by Crippen LogP contribution is 2.30. The molecule has 1 N–H and O–H groups in total. The number of nitrogens with one attached hydrogen (secondary N) is 1. The van der Waals surface area contributed by atoms with Crippen LogP contribution in [0, 0.1) is 0 Å². The maximum absolute atomic E-state index is 12.6. The number of rotatable bonds is 7. The zero-order valence-corrected chi connectivity index (χ0v) is 16.1. The van der Waals surface area contributed by atoms with Gasteiger partial charge in [-0.1, -0.05) is 30.0 Å². The van der Waals surface area contributed by atoms with Gasteiger partial charge in [0.25, 0.3) is 0 Å². The lowest BCUT2D eigenvalue weighted by atomic mass is 10.2. The van der Waals surface area contributed by atoms with Crippen LogP contribution in [0.25, 0.3) is 5.69 Å². The predicted octanol–water partition coefficient (Wildman–Crippen LogP) is 4.16. The summed E-state index contributed by atoms with van der Waals surface area (Å²) in [5, 5.41) is 11.3. The van der Waals surface area contributed by atoms with Gasteiger partial charge in [0.2, 0.25) is 5.91 Å². The van der Waals surface area contributed by atoms with E-state index in [-0.39, 0.29) is 24.0 Å². The van der Waals surface area contributed by atoms with Gasteiger partial charge in [-0.25, -0.2) is 0 Å². The van der Waals surface area contributed by atoms with E-state index in [1.165, 1.54) is 23.9 Å². The molecular weight excluding hydrogens is 405 g/mol. The number of carbonyl (C=O) groups is 1. The monoisotopic (exact) mass is 422 g/mol. The molecule has 0 atom stereocenters. The van der Waals surface area contributed by atoms with Gasteiger partial charge < -0.3 is 10.1 Å². The Kier molecular flexibility index (Phi) is 6.55. The van der Waals surface area contributed by atoms with Gasteiger partial charge >= 0.3 is 6.18 Å². The number of carbonyl (C=O) groups excluding carboxylic acids is 1. The molecule has 2 aromatic carbocycles. The molecule has 0 bridgehead atoms. The molecule has 0 aliphatic heterocycles. The van der Waals surface area contributed by atoms with Gasteiger partial charge in [0.1, 0.15) is 6.61 Å². The summed E-state index contributed by atoms with van der Waals surface area (Å²) in [4.78, 5) is 12.2. The number of amides is 1. The van der Waals surface area contributed by atoms with E-state index in [0.717, 1.165) is 17.8 Å². The van der Waals surface area contributed by atoms with Crippen LogP contribution in [0.2, 0.25) is 0 Å². The van der Waals surface area contributed by atoms with Gasteiger partial charge in [-0.15, -0.1) is 10.2 Å². The van der Waals surface area contributed by atoms with E-state index in [9.17, 15) is 18.0 Å². The molecule has 3 rings (SSSR count). The van der Waals surface area contributed by atoms with E-state index >= 15 is 0 Å². The predicted molar refractivity (Wildman–Crippen MR) is 103 cm³/mol. The Bertz CT molecular complexity index is 960. The molecule has 1 aromatic heterocycles. The van der Waals surface area contributed by atoms with Crippen LogP contribution in [0.5, 0.6) is 0 Å². The molecular formula is C19H17F3N4O2S. The van der Waals surface area contributed by atoms with Crippen molar-refractivity contribution in [3.63, 3.8) is 0 Å². The fraction of sp³-hybridized carbons (Fsp3) is 0.211. The highest BCUT2D eigenvalue weighted by atomic mass is 32.2. The van der Waals surface area contributed by atoms with Crippen LogP contribution in [0.1, 0.15) is 11.4 Å². The number of anilines is 1. The number of ether oxygens (including phenoxy) is 1. The lowest BCUT2D eigenvalue weighted by molar-refractivity contribution is -0.137. The third-order valence-electron chi connectivity index (χ3n) is 3.82. The van der Waals surface area contributed by atoms with Crippen molar-refractivity contribution in [3.8, 4) is 5.69 Å². The number of thioether (sulfide) groups is 1. The fourth-order valence-corrected chi connectivity index (χ4v) is 3.29. The molecule has 0 aliphatic carbocycles. The molecule has 1 heterocycles. The number of benzene rings is 2. The molecule has 0 aliphatic rings. The van der Waals surface area contributed by atoms with Gasteiger partial charge in [-0.05, 0) is 36.4 Å². The molecule has 3 aromatic rings. The smallest absolute Gasteiger partial charge is 0.377 e. The maximum Gasteiger partial charge on any atom is 0.416 e. The van der Waals surface area contributed by atoms with E-state index in [4.69, 9.17) is 4.74 Å². The average molecular weight is 422 g/mol. The Morgan fingerprint density at radius 2 is 1.79 bits per heavy atom. The molecule has 0 saturated carbocycles. The van der Waals surface area contributed by atoms with E-state index in [2.05, 4.69) is 15.5 Å². The summed E-state index contributed by atoms with van der Waals surface area (Å²) >= 11 is 1.17. The highest BCUT2D eigenvalue weighted by molar-refractivity contribution is 7.99. The van der Waals surface area contributed by atoms with Crippen LogP contribution in [0.15, 0.2) is 59.8 Å². The van der Waals surface area contributed by atoms with E-state index in [1.54, 1.807) is 11.7 Å². The lowest BCUT2D eigenvalue weighted by Crippen LogP contribution is -2.15. The third kappa shape index (κ3) is 5.36. The first-order chi connectivity index (χ1) is 13.9. The minimum atomic E-state index is -4.42. The second-order valence-corrected chi connectivity index (χ2v) is 6.86. The van der Waals surface area contributed by atoms with Gasteiger partial charge in [0.05, 0.1) is 11.3 Å². The van der Waals surface area contributed by atoms with Crippen LogP contribution in [0.3, 0.4) is 0 Å². The van der Waals surface area contributed by atoms with Crippen LogP contribution in [-0.4, -0.2) is 33.5 Å². The molecule has 0 fully saturated rings. The molecule has 29 heavy (non-hydrogen) atoms. The third-order valence-corrected chi connectivity index (χ3v) is 4.75. The van der Waals surface area contributed by atoms with Crippen molar-refractivity contribution in [2.24, 2.45) is 0 Å². The van der Waals surface area contributed by atoms with Gasteiger partial charge in [0, 0.05) is 18.5 Å². The molecule has 1 amide bonds. The quantitative estimate of drug-likeness (QED) is 0.579. The molecule has 0 radical (unpaired) electrons. The molecule has 152 valence electrons. The van der Waals surface area contributed by atoms with Crippen molar-refractivity contribution >= 4 is 23.4 Å². The number of halogens is 3. The zero-order valence-electron chi connectivity index (χ0n) is 15.3. The first kappa shape index (κ1) is 20.9. The first-order valence-electron chi connectivity index (χ1n) is 8.47. The Morgan fingerprint density at radius 1 is 1.10 bits per heavy atom. The average Bonchev–Trinajstić information content (AvgIpc) is 3.10. The van der Waals surface area contributed by atoms with Crippen LogP contribution in [0.4, 0.5) is 18.9 Å². The Morgan fingerprint density at radius 3 is 2.41 bits per heavy atom. The summed E-state index contributed by atoms with van der Waals surface area (Å²) in [6, 6.07) is 13.7. The maximum atomic E-state index is 12.6. The van der Waals surface area contributed by atoms with E-state index in [0.29, 0.717) is 11.0 Å². The molecule has 0 unspecified atom stereocenters. The Hall–Kier alpha value is -2.85. The summed E-state index contributed by atoms with van der Waals surface area (Å²) in [7, 11) is 1.55. The van der Waals surface area contributed by atoms with Crippen LogP contribution in [-0.2, 0) is 22.3 Å². The standard InChI is InChI=1S/C19H17F3N4O2S/c1-28-11-16-24-25-18(26(16)15-5-3-2-4-6-15)29-12-17(27)23-14-9-7-13(8-10-14)19(20,21)22/h2-10H,11-12H2,1H3,(H,23,27). The van der Waals surface area contributed by atoms with Crippen molar-refractivity contribution in [1.82, 2.24) is 14.8 Å². The van der Waals surface area contributed by atoms with Crippen LogP contribution < -0.4 is 5.32 Å². The van der Waals surface area contributed by atoms with Crippen molar-refractivity contribution in [1.29, 1.82) is 0 Å². The first-order valence-corrected chi connectivity index (χ1v) is 9.45. The topological polar surface area (TPSA) is 69.0 Å². The molecule has 0 spiro atoms. The van der Waals surface area contributed by atoms with Gasteiger partial charge in [-0.2, -0.15) is 13.2 Å². The van der Waals surface area contributed by atoms with E-state index < -0.39 is 11.7 Å². The number of hydrogen-bond donors (Lipinski definition) is 1. The zero-order chi connectivity index (χ0) is 20.9. The summed E-state index contributed by atoms with van der Waals surface area (Å²) < 4.78 is 44.8. The summed E-state index contributed by atoms with van der Waals surface area (Å²) in [5.74, 6) is 0.230. The number of para-hydroxylation sites is 1. The van der Waals surface area contributed by atoms with Crippen LogP contribution >= 0.6 is 11.8 Å². The summed E-state index contributed by atoms with van der Waals surface area (Å²) in [6.45, 7) is 0.250. The number of methoxy groups -OCH3 is 1. The van der Waals surface area contributed by atoms with Gasteiger partial charge in [0.15, 0.2) is 11.0 Å². The van der Waals surface area contributed by atoms with E-state index in [1.807, 2.05) is 30.3 Å². The Balaban J connectivity index is 1.67. The Labute approximate surface area is 169 Å². The van der Waals surface area contributed by atoms with Crippen molar-refractivity contribution in [3.05, 3.63) is 66.0 Å². The number of hydrogen-bond acceptors (Lipinski definition) is 5.